The van der Waals surface area contributed by atoms with E-state index in [4.69, 9.17) is 4.74 Å². The Hall–Kier alpha value is -2.24. The van der Waals surface area contributed by atoms with Gasteiger partial charge in [0.15, 0.2) is 0 Å². The SMILES string of the molecule is Cc1cc(C)c(OC(=O)NC(C)(C)C)cc1NC(=O)N(C)C. The summed E-state index contributed by atoms with van der Waals surface area (Å²) in [6.45, 7) is 9.36. The van der Waals surface area contributed by atoms with Crippen LogP contribution in [0.5, 0.6) is 5.75 Å². The van der Waals surface area contributed by atoms with E-state index in [2.05, 4.69) is 10.6 Å². The number of anilines is 1. The summed E-state index contributed by atoms with van der Waals surface area (Å²) in [5.74, 6) is 0.418. The molecule has 0 bridgehead atoms. The first kappa shape index (κ1) is 17.8. The van der Waals surface area contributed by atoms with Crippen LogP contribution >= 0.6 is 0 Å². The Bertz CT molecular complexity index is 575. The van der Waals surface area contributed by atoms with Crippen LogP contribution in [0.25, 0.3) is 0 Å². The van der Waals surface area contributed by atoms with Gasteiger partial charge in [0.2, 0.25) is 0 Å². The van der Waals surface area contributed by atoms with E-state index in [0.29, 0.717) is 11.4 Å². The number of carbonyl (C=O) groups excluding carboxylic acids is 2. The third kappa shape index (κ3) is 5.27. The minimum Gasteiger partial charge on any atom is -0.410 e. The van der Waals surface area contributed by atoms with Gasteiger partial charge in [0.05, 0.1) is 0 Å². The number of urea groups is 1. The molecule has 6 nitrogen and oxygen atoms in total. The van der Waals surface area contributed by atoms with Crippen LogP contribution in [0.15, 0.2) is 12.1 Å². The van der Waals surface area contributed by atoms with Crippen molar-refractivity contribution in [3.05, 3.63) is 23.3 Å². The van der Waals surface area contributed by atoms with Crippen molar-refractivity contribution in [2.75, 3.05) is 19.4 Å². The second kappa shape index (κ2) is 6.68. The molecular formula is C16H25N3O3. The zero-order valence-corrected chi connectivity index (χ0v) is 14.3. The van der Waals surface area contributed by atoms with Gasteiger partial charge < -0.3 is 20.3 Å². The summed E-state index contributed by atoms with van der Waals surface area (Å²) in [5, 5.41) is 5.51. The molecule has 6 heteroatoms. The molecule has 22 heavy (non-hydrogen) atoms. The van der Waals surface area contributed by atoms with Crippen LogP contribution in [0.2, 0.25) is 0 Å². The van der Waals surface area contributed by atoms with E-state index in [-0.39, 0.29) is 11.6 Å². The van der Waals surface area contributed by atoms with Crippen LogP contribution in [-0.4, -0.2) is 36.7 Å². The van der Waals surface area contributed by atoms with Gasteiger partial charge in [0, 0.05) is 31.4 Å². The third-order valence-electron chi connectivity index (χ3n) is 2.85. The van der Waals surface area contributed by atoms with Gasteiger partial charge in [0.1, 0.15) is 5.75 Å². The molecule has 1 aromatic carbocycles. The number of hydrogen-bond acceptors (Lipinski definition) is 3. The molecule has 0 atom stereocenters. The fourth-order valence-corrected chi connectivity index (χ4v) is 1.74. The topological polar surface area (TPSA) is 70.7 Å². The maximum absolute atomic E-state index is 11.9. The second-order valence-corrected chi connectivity index (χ2v) is 6.52. The second-order valence-electron chi connectivity index (χ2n) is 6.52. The zero-order chi connectivity index (χ0) is 17.1. The first-order valence-corrected chi connectivity index (χ1v) is 7.09. The van der Waals surface area contributed by atoms with Crippen LogP contribution in [0.3, 0.4) is 0 Å². The summed E-state index contributed by atoms with van der Waals surface area (Å²) in [5.41, 5.74) is 1.96. The maximum Gasteiger partial charge on any atom is 0.413 e. The lowest BCUT2D eigenvalue weighted by Gasteiger charge is -2.21. The number of rotatable bonds is 2. The van der Waals surface area contributed by atoms with E-state index in [1.165, 1.54) is 4.90 Å². The predicted molar refractivity (Wildman–Crippen MR) is 87.5 cm³/mol. The molecule has 0 aliphatic heterocycles. The normalized spacial score (nSPS) is 10.9. The molecule has 0 radical (unpaired) electrons. The number of benzene rings is 1. The molecular weight excluding hydrogens is 282 g/mol. The highest BCUT2D eigenvalue weighted by molar-refractivity contribution is 5.90. The average Bonchev–Trinajstić information content (AvgIpc) is 2.32. The number of amides is 3. The lowest BCUT2D eigenvalue weighted by atomic mass is 10.1. The van der Waals surface area contributed by atoms with Gasteiger partial charge in [-0.15, -0.1) is 0 Å². The fraction of sp³-hybridized carbons (Fsp3) is 0.500. The van der Waals surface area contributed by atoms with E-state index in [9.17, 15) is 9.59 Å². The standard InChI is InChI=1S/C16H25N3O3/c1-10-8-11(2)13(22-15(21)18-16(3,4)5)9-12(10)17-14(20)19(6)7/h8-9H,1-7H3,(H,17,20)(H,18,21). The van der Waals surface area contributed by atoms with Crippen molar-refractivity contribution in [1.82, 2.24) is 10.2 Å². The molecule has 0 aromatic heterocycles. The lowest BCUT2D eigenvalue weighted by molar-refractivity contribution is 0.190. The Morgan fingerprint density at radius 3 is 2.18 bits per heavy atom. The largest absolute Gasteiger partial charge is 0.413 e. The van der Waals surface area contributed by atoms with Crippen molar-refractivity contribution in [3.63, 3.8) is 0 Å². The predicted octanol–water partition coefficient (Wildman–Crippen LogP) is 3.28. The van der Waals surface area contributed by atoms with Crippen molar-refractivity contribution in [3.8, 4) is 5.75 Å². The number of nitrogens with zero attached hydrogens (tertiary/aromatic N) is 1. The molecule has 1 rings (SSSR count). The molecule has 0 spiro atoms. The van der Waals surface area contributed by atoms with Gasteiger partial charge in [0.25, 0.3) is 0 Å². The molecule has 0 heterocycles. The molecule has 1 aromatic rings. The first-order valence-electron chi connectivity index (χ1n) is 7.09. The molecule has 0 aliphatic carbocycles. The van der Waals surface area contributed by atoms with Gasteiger partial charge in [-0.1, -0.05) is 6.07 Å². The summed E-state index contributed by atoms with van der Waals surface area (Å²) in [4.78, 5) is 25.1. The van der Waals surface area contributed by atoms with Crippen LogP contribution in [0.4, 0.5) is 15.3 Å². The molecule has 2 N–H and O–H groups in total. The van der Waals surface area contributed by atoms with Crippen LogP contribution < -0.4 is 15.4 Å². The van der Waals surface area contributed by atoms with E-state index in [1.54, 1.807) is 20.2 Å². The molecule has 0 saturated heterocycles. The lowest BCUT2D eigenvalue weighted by Crippen LogP contribution is -2.42. The van der Waals surface area contributed by atoms with E-state index in [1.807, 2.05) is 40.7 Å². The monoisotopic (exact) mass is 307 g/mol. The molecule has 0 saturated carbocycles. The molecule has 122 valence electrons. The highest BCUT2D eigenvalue weighted by Gasteiger charge is 2.17. The van der Waals surface area contributed by atoms with Gasteiger partial charge in [-0.05, 0) is 45.7 Å². The van der Waals surface area contributed by atoms with Crippen molar-refractivity contribution in [1.29, 1.82) is 0 Å². The van der Waals surface area contributed by atoms with Crippen molar-refractivity contribution in [2.24, 2.45) is 0 Å². The van der Waals surface area contributed by atoms with Crippen LogP contribution in [-0.2, 0) is 0 Å². The fourth-order valence-electron chi connectivity index (χ4n) is 1.74. The summed E-state index contributed by atoms with van der Waals surface area (Å²) < 4.78 is 5.34. The van der Waals surface area contributed by atoms with Crippen molar-refractivity contribution < 1.29 is 14.3 Å². The molecule has 3 amide bonds. The minimum atomic E-state index is -0.524. The average molecular weight is 307 g/mol. The summed E-state index contributed by atoms with van der Waals surface area (Å²) in [6.07, 6.45) is -0.524. The Morgan fingerprint density at radius 2 is 1.68 bits per heavy atom. The van der Waals surface area contributed by atoms with E-state index < -0.39 is 6.09 Å². The smallest absolute Gasteiger partial charge is 0.410 e. The Labute approximate surface area is 131 Å². The third-order valence-corrected chi connectivity index (χ3v) is 2.85. The maximum atomic E-state index is 11.9. The minimum absolute atomic E-state index is 0.239. The number of carbonyl (C=O) groups is 2. The number of nitrogens with one attached hydrogen (secondary N) is 2. The Kier molecular flexibility index (Phi) is 5.41. The first-order chi connectivity index (χ1) is 9.99. The van der Waals surface area contributed by atoms with Crippen LogP contribution in [0, 0.1) is 13.8 Å². The van der Waals surface area contributed by atoms with Crippen LogP contribution in [0.1, 0.15) is 31.9 Å². The number of hydrogen-bond donors (Lipinski definition) is 2. The highest BCUT2D eigenvalue weighted by atomic mass is 16.6. The molecule has 0 unspecified atom stereocenters. The Morgan fingerprint density at radius 1 is 1.09 bits per heavy atom. The van der Waals surface area contributed by atoms with Gasteiger partial charge >= 0.3 is 12.1 Å². The van der Waals surface area contributed by atoms with Gasteiger partial charge in [-0.3, -0.25) is 0 Å². The number of ether oxygens (including phenoxy) is 1. The molecule has 0 aliphatic rings. The quantitative estimate of drug-likeness (QED) is 0.881. The van der Waals surface area contributed by atoms with Gasteiger partial charge in [-0.2, -0.15) is 0 Å². The molecule has 0 fully saturated rings. The summed E-state index contributed by atoms with van der Waals surface area (Å²) in [6, 6.07) is 3.29. The van der Waals surface area contributed by atoms with E-state index >= 15 is 0 Å². The summed E-state index contributed by atoms with van der Waals surface area (Å²) in [7, 11) is 3.32. The van der Waals surface area contributed by atoms with Crippen molar-refractivity contribution >= 4 is 17.8 Å². The number of aryl methyl sites for hydroxylation is 2. The van der Waals surface area contributed by atoms with Gasteiger partial charge in [-0.25, -0.2) is 9.59 Å². The zero-order valence-electron chi connectivity index (χ0n) is 14.3. The highest BCUT2D eigenvalue weighted by Crippen LogP contribution is 2.27. The Balaban J connectivity index is 2.96. The van der Waals surface area contributed by atoms with E-state index in [0.717, 1.165) is 11.1 Å². The summed E-state index contributed by atoms with van der Waals surface area (Å²) >= 11 is 0. The van der Waals surface area contributed by atoms with Crippen molar-refractivity contribution in [2.45, 2.75) is 40.2 Å².